The number of hydrogen-bond donors (Lipinski definition) is 3. The number of aliphatic hydroxyl groups is 1. The van der Waals surface area contributed by atoms with Gasteiger partial charge in [-0.1, -0.05) is 12.1 Å². The molecule has 4 heterocycles. The fourth-order valence-corrected chi connectivity index (χ4v) is 6.59. The van der Waals surface area contributed by atoms with Gasteiger partial charge in [-0.3, -0.25) is 9.36 Å². The maximum absolute atomic E-state index is 13.6. The molecule has 0 bridgehead atoms. The van der Waals surface area contributed by atoms with E-state index >= 15 is 0 Å². The highest BCUT2D eigenvalue weighted by Gasteiger charge is 2.26. The Morgan fingerprint density at radius 3 is 2.92 bits per heavy atom. The van der Waals surface area contributed by atoms with Gasteiger partial charge in [-0.2, -0.15) is 10.2 Å². The number of aryl methyl sites for hydroxylation is 2. The highest BCUT2D eigenvalue weighted by Crippen LogP contribution is 2.45. The predicted octanol–water partition coefficient (Wildman–Crippen LogP) is 4.52. The number of aromatic nitrogens is 6. The molecule has 202 valence electrons. The maximum Gasteiger partial charge on any atom is 0.142 e. The molecule has 11 heteroatoms. The molecule has 6 aromatic rings. The topological polar surface area (TPSA) is 106 Å². The summed E-state index contributed by atoms with van der Waals surface area (Å²) in [6.45, 7) is 2.72. The van der Waals surface area contributed by atoms with Gasteiger partial charge in [0.05, 0.1) is 42.5 Å². The van der Waals surface area contributed by atoms with E-state index < -0.39 is 0 Å². The summed E-state index contributed by atoms with van der Waals surface area (Å²) in [4.78, 5) is 11.4. The first-order chi connectivity index (χ1) is 19.7. The summed E-state index contributed by atoms with van der Waals surface area (Å²) >= 11 is 1.69. The van der Waals surface area contributed by atoms with E-state index in [-0.39, 0.29) is 12.4 Å². The first kappa shape index (κ1) is 24.8. The minimum atomic E-state index is -0.246. The van der Waals surface area contributed by atoms with E-state index in [1.807, 2.05) is 33.8 Å². The second-order valence-corrected chi connectivity index (χ2v) is 10.9. The zero-order valence-electron chi connectivity index (χ0n) is 21.6. The third-order valence-corrected chi connectivity index (χ3v) is 8.39. The number of anilines is 2. The van der Waals surface area contributed by atoms with E-state index in [1.165, 1.54) is 28.1 Å². The van der Waals surface area contributed by atoms with Crippen LogP contribution >= 0.6 is 11.3 Å². The molecule has 0 saturated heterocycles. The predicted molar refractivity (Wildman–Crippen MR) is 155 cm³/mol. The Hall–Kier alpha value is -4.19. The van der Waals surface area contributed by atoms with Crippen molar-refractivity contribution in [3.63, 3.8) is 0 Å². The highest BCUT2D eigenvalue weighted by molar-refractivity contribution is 7.22. The lowest BCUT2D eigenvalue weighted by Crippen LogP contribution is -2.23. The molecule has 0 radical (unpaired) electrons. The van der Waals surface area contributed by atoms with Crippen molar-refractivity contribution in [3.8, 4) is 10.4 Å². The minimum absolute atomic E-state index is 0.131. The van der Waals surface area contributed by atoms with Crippen molar-refractivity contribution < 1.29 is 9.50 Å². The van der Waals surface area contributed by atoms with Crippen LogP contribution in [0, 0.1) is 5.82 Å². The van der Waals surface area contributed by atoms with Crippen LogP contribution in [-0.2, 0) is 25.9 Å². The average molecular weight is 555 g/mol. The molecule has 0 fully saturated rings. The van der Waals surface area contributed by atoms with E-state index in [2.05, 4.69) is 38.0 Å². The third kappa shape index (κ3) is 4.61. The van der Waals surface area contributed by atoms with Crippen LogP contribution < -0.4 is 10.6 Å². The second kappa shape index (κ2) is 10.4. The van der Waals surface area contributed by atoms with E-state index in [4.69, 9.17) is 10.2 Å². The Balaban J connectivity index is 1.16. The Bertz CT molecular complexity index is 1840. The SMILES string of the molecule is OCCNCCn1cc2c(n1)CCc1c-2sc2ncnc(Nc3ccc4c(cnn4Cc4cccc(F)c4)c3)c12. The summed E-state index contributed by atoms with van der Waals surface area (Å²) in [7, 11) is 0. The molecule has 40 heavy (non-hydrogen) atoms. The number of rotatable bonds is 9. The molecule has 0 unspecified atom stereocenters. The standard InChI is InChI=1S/C29H27FN8OS/c30-20-3-1-2-18(12-20)15-38-25-7-4-21(13-19(25)14-34-38)35-28-26-22-5-6-24-23(27(22)40-29(26)33-17-32-28)16-37(36-24)10-8-31-9-11-39/h1-4,7,12-14,16-17,31,39H,5-6,8-11,15H2,(H,32,33,35). The van der Waals surface area contributed by atoms with Crippen LogP contribution in [0.2, 0.25) is 0 Å². The second-order valence-electron chi connectivity index (χ2n) is 9.87. The van der Waals surface area contributed by atoms with Gasteiger partial charge < -0.3 is 15.7 Å². The normalized spacial score (nSPS) is 12.7. The largest absolute Gasteiger partial charge is 0.395 e. The molecule has 0 aliphatic heterocycles. The lowest BCUT2D eigenvalue weighted by atomic mass is 9.95. The van der Waals surface area contributed by atoms with Crippen LogP contribution in [0.1, 0.15) is 16.8 Å². The van der Waals surface area contributed by atoms with Crippen LogP contribution in [0.15, 0.2) is 61.2 Å². The molecule has 1 aliphatic rings. The van der Waals surface area contributed by atoms with Gasteiger partial charge in [0.25, 0.3) is 0 Å². The van der Waals surface area contributed by atoms with Crippen molar-refractivity contribution in [1.82, 2.24) is 34.8 Å². The van der Waals surface area contributed by atoms with E-state index in [1.54, 1.807) is 23.7 Å². The number of nitrogens with zero attached hydrogens (tertiary/aromatic N) is 6. The van der Waals surface area contributed by atoms with Gasteiger partial charge in [0.1, 0.15) is 22.8 Å². The van der Waals surface area contributed by atoms with Crippen LogP contribution in [-0.4, -0.2) is 54.3 Å². The summed E-state index contributed by atoms with van der Waals surface area (Å²) in [6, 6.07) is 12.7. The van der Waals surface area contributed by atoms with Gasteiger partial charge in [-0.15, -0.1) is 11.3 Å². The Kier molecular flexibility index (Phi) is 6.46. The fourth-order valence-electron chi connectivity index (χ4n) is 5.37. The molecule has 3 N–H and O–H groups in total. The number of aliphatic hydroxyl groups excluding tert-OH is 1. The van der Waals surface area contributed by atoms with Crippen molar-refractivity contribution in [2.75, 3.05) is 25.0 Å². The summed E-state index contributed by atoms with van der Waals surface area (Å²) in [5, 5.41) is 27.1. The van der Waals surface area contributed by atoms with Gasteiger partial charge in [-0.25, -0.2) is 14.4 Å². The van der Waals surface area contributed by atoms with Crippen molar-refractivity contribution in [1.29, 1.82) is 0 Å². The first-order valence-corrected chi connectivity index (χ1v) is 14.1. The Morgan fingerprint density at radius 2 is 2.02 bits per heavy atom. The van der Waals surface area contributed by atoms with Gasteiger partial charge in [-0.05, 0) is 54.3 Å². The number of fused-ring (bicyclic) bond motifs is 6. The van der Waals surface area contributed by atoms with Crippen molar-refractivity contribution in [2.45, 2.75) is 25.9 Å². The molecule has 1 aliphatic carbocycles. The van der Waals surface area contributed by atoms with E-state index in [0.29, 0.717) is 13.1 Å². The van der Waals surface area contributed by atoms with Crippen molar-refractivity contribution in [3.05, 3.63) is 83.8 Å². The molecule has 0 atom stereocenters. The van der Waals surface area contributed by atoms with E-state index in [9.17, 15) is 4.39 Å². The van der Waals surface area contributed by atoms with Crippen molar-refractivity contribution in [2.24, 2.45) is 0 Å². The molecule has 2 aromatic carbocycles. The average Bonchev–Trinajstić information content (AvgIpc) is 3.66. The van der Waals surface area contributed by atoms with Crippen LogP contribution in [0.5, 0.6) is 0 Å². The highest BCUT2D eigenvalue weighted by atomic mass is 32.1. The molecule has 0 amide bonds. The number of nitrogens with one attached hydrogen (secondary N) is 2. The van der Waals surface area contributed by atoms with E-state index in [0.717, 1.165) is 69.8 Å². The van der Waals surface area contributed by atoms with Gasteiger partial charge in [0, 0.05) is 40.8 Å². The number of thiophene rings is 1. The zero-order chi connectivity index (χ0) is 27.1. The lowest BCUT2D eigenvalue weighted by molar-refractivity contribution is 0.291. The Labute approximate surface area is 233 Å². The summed E-state index contributed by atoms with van der Waals surface area (Å²) in [5.41, 5.74) is 6.31. The van der Waals surface area contributed by atoms with Crippen molar-refractivity contribution >= 4 is 44.0 Å². The smallest absolute Gasteiger partial charge is 0.142 e. The summed E-state index contributed by atoms with van der Waals surface area (Å²) < 4.78 is 17.5. The number of hydrogen-bond acceptors (Lipinski definition) is 8. The quantitative estimate of drug-likeness (QED) is 0.226. The third-order valence-electron chi connectivity index (χ3n) is 7.21. The fraction of sp³-hybridized carbons (Fsp3) is 0.241. The maximum atomic E-state index is 13.6. The van der Waals surface area contributed by atoms with Gasteiger partial charge >= 0.3 is 0 Å². The zero-order valence-corrected chi connectivity index (χ0v) is 22.5. The molecule has 7 rings (SSSR count). The first-order valence-electron chi connectivity index (χ1n) is 13.3. The summed E-state index contributed by atoms with van der Waals surface area (Å²) in [6.07, 6.45) is 7.32. The van der Waals surface area contributed by atoms with Crippen LogP contribution in [0.4, 0.5) is 15.9 Å². The number of benzene rings is 2. The minimum Gasteiger partial charge on any atom is -0.395 e. The Morgan fingerprint density at radius 1 is 1.07 bits per heavy atom. The van der Waals surface area contributed by atoms with Gasteiger partial charge in [0.15, 0.2) is 0 Å². The molecule has 0 saturated carbocycles. The molecular weight excluding hydrogens is 527 g/mol. The molecular formula is C29H27FN8OS. The van der Waals surface area contributed by atoms with Gasteiger partial charge in [0.2, 0.25) is 0 Å². The monoisotopic (exact) mass is 554 g/mol. The molecule has 4 aromatic heterocycles. The number of halogens is 1. The molecule has 9 nitrogen and oxygen atoms in total. The van der Waals surface area contributed by atoms with Crippen LogP contribution in [0.3, 0.4) is 0 Å². The van der Waals surface area contributed by atoms with Crippen LogP contribution in [0.25, 0.3) is 31.6 Å². The molecule has 0 spiro atoms. The summed E-state index contributed by atoms with van der Waals surface area (Å²) in [5.74, 6) is 0.543. The lowest BCUT2D eigenvalue weighted by Gasteiger charge is -2.12.